The van der Waals surface area contributed by atoms with Crippen LogP contribution in [-0.4, -0.2) is 36.9 Å². The summed E-state index contributed by atoms with van der Waals surface area (Å²) < 4.78 is 5.18. The number of methoxy groups -OCH3 is 1. The lowest BCUT2D eigenvalue weighted by Crippen LogP contribution is -2.37. The van der Waals surface area contributed by atoms with Crippen molar-refractivity contribution < 1.29 is 14.3 Å². The minimum Gasteiger partial charge on any atom is -0.497 e. The Balaban J connectivity index is 1.71. The highest BCUT2D eigenvalue weighted by molar-refractivity contribution is 6.00. The van der Waals surface area contributed by atoms with Gasteiger partial charge in [0.25, 0.3) is 0 Å². The molecule has 1 unspecified atom stereocenters. The number of para-hydroxylation sites is 1. The van der Waals surface area contributed by atoms with Crippen molar-refractivity contribution >= 4 is 17.5 Å². The van der Waals surface area contributed by atoms with Crippen molar-refractivity contribution in [1.82, 2.24) is 4.90 Å². The number of anilines is 1. The summed E-state index contributed by atoms with van der Waals surface area (Å²) in [5.41, 5.74) is 1.85. The summed E-state index contributed by atoms with van der Waals surface area (Å²) in [6.45, 7) is 5.10. The van der Waals surface area contributed by atoms with Crippen LogP contribution in [0, 0.1) is 5.92 Å². The number of carbonyl (C=O) groups excluding carboxylic acids is 2. The lowest BCUT2D eigenvalue weighted by atomic mass is 10.1. The standard InChI is InChI=1S/C22H24N2O3/c1-3-13-23(15-17-9-11-20(27-2)12-10-17)22(26)18-14-21(25)24(16-18)19-7-5-4-6-8-19/h3-12,18H,1,13-16H2,2H3. The molecule has 2 aromatic carbocycles. The van der Waals surface area contributed by atoms with E-state index in [-0.39, 0.29) is 24.2 Å². The third-order valence-electron chi connectivity index (χ3n) is 4.74. The Morgan fingerprint density at radius 1 is 1.22 bits per heavy atom. The second kappa shape index (κ2) is 8.54. The summed E-state index contributed by atoms with van der Waals surface area (Å²) in [5.74, 6) is 0.413. The molecule has 1 aliphatic heterocycles. The SMILES string of the molecule is C=CCN(Cc1ccc(OC)cc1)C(=O)C1CC(=O)N(c2ccccc2)C1. The molecule has 3 rings (SSSR count). The minimum atomic E-state index is -0.337. The quantitative estimate of drug-likeness (QED) is 0.709. The van der Waals surface area contributed by atoms with Gasteiger partial charge in [0.15, 0.2) is 0 Å². The molecule has 5 nitrogen and oxygen atoms in total. The Morgan fingerprint density at radius 2 is 1.93 bits per heavy atom. The van der Waals surface area contributed by atoms with Gasteiger partial charge < -0.3 is 14.5 Å². The van der Waals surface area contributed by atoms with Crippen molar-refractivity contribution in [2.24, 2.45) is 5.92 Å². The van der Waals surface area contributed by atoms with Crippen LogP contribution in [0.25, 0.3) is 0 Å². The fraction of sp³-hybridized carbons (Fsp3) is 0.273. The molecule has 0 N–H and O–H groups in total. The molecule has 1 fully saturated rings. The third kappa shape index (κ3) is 4.37. The Hall–Kier alpha value is -3.08. The van der Waals surface area contributed by atoms with Crippen LogP contribution in [0.1, 0.15) is 12.0 Å². The summed E-state index contributed by atoms with van der Waals surface area (Å²) in [4.78, 5) is 28.9. The van der Waals surface area contributed by atoms with Gasteiger partial charge >= 0.3 is 0 Å². The largest absolute Gasteiger partial charge is 0.497 e. The van der Waals surface area contributed by atoms with E-state index in [9.17, 15) is 9.59 Å². The molecule has 0 aliphatic carbocycles. The summed E-state index contributed by atoms with van der Waals surface area (Å²) in [6.07, 6.45) is 1.96. The van der Waals surface area contributed by atoms with E-state index >= 15 is 0 Å². The smallest absolute Gasteiger partial charge is 0.228 e. The number of ether oxygens (including phenoxy) is 1. The average molecular weight is 364 g/mol. The number of rotatable bonds is 7. The first-order valence-electron chi connectivity index (χ1n) is 9.00. The van der Waals surface area contributed by atoms with E-state index in [4.69, 9.17) is 4.74 Å². The van der Waals surface area contributed by atoms with Gasteiger partial charge in [0, 0.05) is 31.7 Å². The van der Waals surface area contributed by atoms with Crippen LogP contribution < -0.4 is 9.64 Å². The van der Waals surface area contributed by atoms with Crippen molar-refractivity contribution in [3.63, 3.8) is 0 Å². The normalized spacial score (nSPS) is 16.3. The van der Waals surface area contributed by atoms with Gasteiger partial charge in [-0.2, -0.15) is 0 Å². The Morgan fingerprint density at radius 3 is 2.56 bits per heavy atom. The Kier molecular flexibility index (Phi) is 5.91. The van der Waals surface area contributed by atoms with Crippen LogP contribution in [0.3, 0.4) is 0 Å². The first kappa shape index (κ1) is 18.7. The van der Waals surface area contributed by atoms with Gasteiger partial charge in [-0.15, -0.1) is 6.58 Å². The molecule has 1 saturated heterocycles. The first-order valence-corrected chi connectivity index (χ1v) is 9.00. The lowest BCUT2D eigenvalue weighted by molar-refractivity contribution is -0.135. The van der Waals surface area contributed by atoms with Gasteiger partial charge in [-0.1, -0.05) is 36.4 Å². The Labute approximate surface area is 159 Å². The zero-order valence-electron chi connectivity index (χ0n) is 15.5. The monoisotopic (exact) mass is 364 g/mol. The molecular formula is C22H24N2O3. The molecule has 0 saturated carbocycles. The molecule has 0 aromatic heterocycles. The zero-order chi connectivity index (χ0) is 19.2. The summed E-state index contributed by atoms with van der Waals surface area (Å²) >= 11 is 0. The number of benzene rings is 2. The topological polar surface area (TPSA) is 49.9 Å². The van der Waals surface area contributed by atoms with Gasteiger partial charge in [-0.3, -0.25) is 9.59 Å². The van der Waals surface area contributed by atoms with E-state index in [2.05, 4.69) is 6.58 Å². The number of hydrogen-bond donors (Lipinski definition) is 0. The lowest BCUT2D eigenvalue weighted by Gasteiger charge is -2.24. The van der Waals surface area contributed by atoms with E-state index in [0.29, 0.717) is 19.6 Å². The predicted octanol–water partition coefficient (Wildman–Crippen LogP) is 3.26. The number of carbonyl (C=O) groups is 2. The maximum absolute atomic E-state index is 13.1. The molecule has 0 spiro atoms. The van der Waals surface area contributed by atoms with E-state index in [1.165, 1.54) is 0 Å². The highest BCUT2D eigenvalue weighted by Gasteiger charge is 2.36. The van der Waals surface area contributed by atoms with E-state index in [1.807, 2.05) is 54.6 Å². The van der Waals surface area contributed by atoms with Crippen LogP contribution >= 0.6 is 0 Å². The van der Waals surface area contributed by atoms with Crippen LogP contribution in [-0.2, 0) is 16.1 Å². The molecule has 140 valence electrons. The summed E-state index contributed by atoms with van der Waals surface area (Å²) in [7, 11) is 1.62. The first-order chi connectivity index (χ1) is 13.1. The second-order valence-corrected chi connectivity index (χ2v) is 6.60. The van der Waals surface area contributed by atoms with Gasteiger partial charge in [-0.05, 0) is 29.8 Å². The molecule has 1 aliphatic rings. The Bertz CT molecular complexity index is 802. The fourth-order valence-electron chi connectivity index (χ4n) is 3.33. The van der Waals surface area contributed by atoms with Crippen LogP contribution in [0.2, 0.25) is 0 Å². The van der Waals surface area contributed by atoms with Crippen molar-refractivity contribution in [3.05, 3.63) is 72.8 Å². The van der Waals surface area contributed by atoms with Crippen molar-refractivity contribution in [1.29, 1.82) is 0 Å². The van der Waals surface area contributed by atoms with Gasteiger partial charge in [0.05, 0.1) is 13.0 Å². The molecule has 2 aromatic rings. The molecule has 5 heteroatoms. The maximum atomic E-state index is 13.1. The minimum absolute atomic E-state index is 0.0115. The van der Waals surface area contributed by atoms with Crippen LogP contribution in [0.5, 0.6) is 5.75 Å². The van der Waals surface area contributed by atoms with Crippen molar-refractivity contribution in [3.8, 4) is 5.75 Å². The molecule has 2 amide bonds. The number of amides is 2. The molecule has 27 heavy (non-hydrogen) atoms. The second-order valence-electron chi connectivity index (χ2n) is 6.60. The van der Waals surface area contributed by atoms with E-state index in [1.54, 1.807) is 23.0 Å². The highest BCUT2D eigenvalue weighted by atomic mass is 16.5. The summed E-state index contributed by atoms with van der Waals surface area (Å²) in [5, 5.41) is 0. The van der Waals surface area contributed by atoms with Gasteiger partial charge in [0.1, 0.15) is 5.75 Å². The fourth-order valence-corrected chi connectivity index (χ4v) is 3.33. The highest BCUT2D eigenvalue weighted by Crippen LogP contribution is 2.26. The summed E-state index contributed by atoms with van der Waals surface area (Å²) in [6, 6.07) is 17.1. The van der Waals surface area contributed by atoms with Crippen molar-refractivity contribution in [2.45, 2.75) is 13.0 Å². The number of nitrogens with zero attached hydrogens (tertiary/aromatic N) is 2. The van der Waals surface area contributed by atoms with Crippen LogP contribution in [0.4, 0.5) is 5.69 Å². The number of hydrogen-bond acceptors (Lipinski definition) is 3. The molecular weight excluding hydrogens is 340 g/mol. The molecule has 1 heterocycles. The maximum Gasteiger partial charge on any atom is 0.228 e. The molecule has 0 radical (unpaired) electrons. The molecule has 1 atom stereocenters. The predicted molar refractivity (Wildman–Crippen MR) is 106 cm³/mol. The van der Waals surface area contributed by atoms with Gasteiger partial charge in [0.2, 0.25) is 11.8 Å². The van der Waals surface area contributed by atoms with E-state index in [0.717, 1.165) is 17.0 Å². The zero-order valence-corrected chi connectivity index (χ0v) is 15.5. The van der Waals surface area contributed by atoms with Crippen molar-refractivity contribution in [2.75, 3.05) is 25.1 Å². The molecule has 0 bridgehead atoms. The average Bonchev–Trinajstić information content (AvgIpc) is 3.10. The van der Waals surface area contributed by atoms with Crippen LogP contribution in [0.15, 0.2) is 67.3 Å². The van der Waals surface area contributed by atoms with E-state index < -0.39 is 0 Å². The third-order valence-corrected chi connectivity index (χ3v) is 4.74. The van der Waals surface area contributed by atoms with Gasteiger partial charge in [-0.25, -0.2) is 0 Å².